The van der Waals surface area contributed by atoms with Gasteiger partial charge in [0.1, 0.15) is 0 Å². The summed E-state index contributed by atoms with van der Waals surface area (Å²) in [4.78, 5) is 0. The summed E-state index contributed by atoms with van der Waals surface area (Å²) in [5, 5.41) is 0.879. The van der Waals surface area contributed by atoms with Crippen molar-refractivity contribution in [2.75, 3.05) is 5.75 Å². The molecule has 0 aromatic carbocycles. The zero-order chi connectivity index (χ0) is 7.40. The molecule has 1 unspecified atom stereocenters. The van der Waals surface area contributed by atoms with Gasteiger partial charge in [0.25, 0.3) is 0 Å². The third kappa shape index (κ3) is 4.02. The van der Waals surface area contributed by atoms with E-state index in [1.54, 1.807) is 0 Å². The van der Waals surface area contributed by atoms with Gasteiger partial charge in [0.2, 0.25) is 0 Å². The Balaban J connectivity index is 1.85. The van der Waals surface area contributed by atoms with E-state index in [0.29, 0.717) is 0 Å². The molecule has 1 saturated heterocycles. The van der Waals surface area contributed by atoms with Crippen molar-refractivity contribution >= 4 is 48.0 Å². The quantitative estimate of drug-likeness (QED) is 0.733. The van der Waals surface area contributed by atoms with E-state index in [1.165, 1.54) is 12.2 Å². The van der Waals surface area contributed by atoms with Crippen LogP contribution in [0.3, 0.4) is 0 Å². The molecular formula is C6H12S3Sn. The SMILES string of the molecule is CC(C)[S][Sn][S]C1CCS1. The Hall–Kier alpha value is 1.85. The van der Waals surface area contributed by atoms with Crippen LogP contribution in [-0.4, -0.2) is 34.0 Å². The number of thioether (sulfide) groups is 1. The molecule has 0 amide bonds. The van der Waals surface area contributed by atoms with Crippen LogP contribution in [0.4, 0.5) is 0 Å². The molecule has 0 N–H and O–H groups in total. The van der Waals surface area contributed by atoms with E-state index in [1.807, 2.05) is 0 Å². The van der Waals surface area contributed by atoms with Crippen LogP contribution in [0, 0.1) is 0 Å². The summed E-state index contributed by atoms with van der Waals surface area (Å²) in [6, 6.07) is 0. The number of hydrogen-bond acceptors (Lipinski definition) is 3. The van der Waals surface area contributed by atoms with E-state index >= 15 is 0 Å². The van der Waals surface area contributed by atoms with Gasteiger partial charge in [0.05, 0.1) is 0 Å². The molecule has 0 aromatic heterocycles. The fourth-order valence-corrected chi connectivity index (χ4v) is 17.6. The average molecular weight is 299 g/mol. The van der Waals surface area contributed by atoms with Gasteiger partial charge in [-0.2, -0.15) is 0 Å². The normalized spacial score (nSPS) is 24.9. The van der Waals surface area contributed by atoms with E-state index < -0.39 is 0 Å². The molecule has 1 rings (SSSR count). The first kappa shape index (κ1) is 9.93. The van der Waals surface area contributed by atoms with Crippen molar-refractivity contribution in [3.8, 4) is 0 Å². The van der Waals surface area contributed by atoms with Gasteiger partial charge in [-0.1, -0.05) is 0 Å². The molecule has 10 heavy (non-hydrogen) atoms. The molecule has 4 heteroatoms. The van der Waals surface area contributed by atoms with Crippen LogP contribution in [0.15, 0.2) is 0 Å². The second-order valence-corrected chi connectivity index (χ2v) is 15.0. The van der Waals surface area contributed by atoms with Crippen molar-refractivity contribution in [3.05, 3.63) is 0 Å². The Morgan fingerprint density at radius 1 is 1.60 bits per heavy atom. The second kappa shape index (κ2) is 5.49. The third-order valence-electron chi connectivity index (χ3n) is 1.12. The predicted octanol–water partition coefficient (Wildman–Crippen LogP) is 2.86. The Kier molecular flexibility index (Phi) is 5.45. The van der Waals surface area contributed by atoms with Gasteiger partial charge in [0.15, 0.2) is 0 Å². The van der Waals surface area contributed by atoms with Gasteiger partial charge in [-0.05, 0) is 0 Å². The molecule has 0 aromatic rings. The topological polar surface area (TPSA) is 0 Å². The summed E-state index contributed by atoms with van der Waals surface area (Å²) in [5.74, 6) is 1.42. The Bertz CT molecular complexity index is 93.0. The molecule has 0 bridgehead atoms. The van der Waals surface area contributed by atoms with Crippen molar-refractivity contribution in [2.24, 2.45) is 0 Å². The zero-order valence-electron chi connectivity index (χ0n) is 6.29. The summed E-state index contributed by atoms with van der Waals surface area (Å²) in [5.41, 5.74) is 0. The first-order valence-corrected chi connectivity index (χ1v) is 13.3. The first-order valence-electron chi connectivity index (χ1n) is 3.47. The monoisotopic (exact) mass is 300 g/mol. The zero-order valence-corrected chi connectivity index (χ0v) is 11.6. The molecule has 1 aliphatic heterocycles. The molecule has 58 valence electrons. The molecular weight excluding hydrogens is 287 g/mol. The average Bonchev–Trinajstić information content (AvgIpc) is 1.75. The molecule has 0 spiro atoms. The van der Waals surface area contributed by atoms with Gasteiger partial charge < -0.3 is 0 Å². The molecule has 1 aliphatic rings. The minimum atomic E-state index is -0.0813. The van der Waals surface area contributed by atoms with Gasteiger partial charge in [-0.15, -0.1) is 0 Å². The molecule has 0 nitrogen and oxygen atoms in total. The number of rotatable bonds is 4. The van der Waals surface area contributed by atoms with Crippen LogP contribution >= 0.6 is 29.7 Å². The van der Waals surface area contributed by atoms with Crippen LogP contribution in [0.1, 0.15) is 20.3 Å². The Labute approximate surface area is 83.2 Å². The fourth-order valence-electron chi connectivity index (χ4n) is 0.485. The van der Waals surface area contributed by atoms with Crippen molar-refractivity contribution in [2.45, 2.75) is 30.1 Å². The third-order valence-corrected chi connectivity index (χ3v) is 17.5. The van der Waals surface area contributed by atoms with Crippen LogP contribution < -0.4 is 0 Å². The molecule has 1 atom stereocenters. The molecule has 0 aliphatic carbocycles. The molecule has 1 heterocycles. The van der Waals surface area contributed by atoms with E-state index in [2.05, 4.69) is 43.5 Å². The minimum absolute atomic E-state index is 0.0813. The predicted molar refractivity (Wildman–Crippen MR) is 56.9 cm³/mol. The van der Waals surface area contributed by atoms with E-state index in [0.717, 1.165) is 9.83 Å². The van der Waals surface area contributed by atoms with E-state index in [-0.39, 0.29) is 18.4 Å². The number of hydrogen-bond donors (Lipinski definition) is 0. The van der Waals surface area contributed by atoms with Crippen molar-refractivity contribution in [3.63, 3.8) is 0 Å². The first-order chi connectivity index (χ1) is 4.79. The van der Waals surface area contributed by atoms with Gasteiger partial charge >= 0.3 is 83.9 Å². The molecule has 0 saturated carbocycles. The van der Waals surface area contributed by atoms with Crippen LogP contribution in [0.25, 0.3) is 0 Å². The van der Waals surface area contributed by atoms with E-state index in [4.69, 9.17) is 0 Å². The summed E-state index contributed by atoms with van der Waals surface area (Å²) in [6.07, 6.45) is 1.48. The molecule has 2 radical (unpaired) electrons. The standard InChI is InChI=1S/C3H6S2.C3H8S.Sn/c4-3-1-2-5-3;1-3(2)4;/h3-4H,1-2H2;3-4H,1-2H3;/q;;+2/p-2. The summed E-state index contributed by atoms with van der Waals surface area (Å²) >= 11 is 2.07. The van der Waals surface area contributed by atoms with Gasteiger partial charge in [0, 0.05) is 0 Å². The maximum atomic E-state index is 2.31. The fraction of sp³-hybridized carbons (Fsp3) is 1.00. The maximum absolute atomic E-state index is 2.31. The summed E-state index contributed by atoms with van der Waals surface area (Å²) < 4.78 is 1.01. The Morgan fingerprint density at radius 2 is 2.30 bits per heavy atom. The summed E-state index contributed by atoms with van der Waals surface area (Å²) in [6.45, 7) is 4.61. The van der Waals surface area contributed by atoms with Gasteiger partial charge in [-0.25, -0.2) is 0 Å². The molecule has 1 fully saturated rings. The van der Waals surface area contributed by atoms with Crippen LogP contribution in [0.2, 0.25) is 0 Å². The summed E-state index contributed by atoms with van der Waals surface area (Å²) in [7, 11) is 4.52. The second-order valence-electron chi connectivity index (χ2n) is 2.46. The van der Waals surface area contributed by atoms with E-state index in [9.17, 15) is 0 Å². The van der Waals surface area contributed by atoms with Gasteiger partial charge in [-0.3, -0.25) is 0 Å². The van der Waals surface area contributed by atoms with Crippen molar-refractivity contribution in [1.29, 1.82) is 0 Å². The Morgan fingerprint density at radius 3 is 2.70 bits per heavy atom. The van der Waals surface area contributed by atoms with Crippen molar-refractivity contribution in [1.82, 2.24) is 0 Å². The van der Waals surface area contributed by atoms with Crippen LogP contribution in [0.5, 0.6) is 0 Å². The van der Waals surface area contributed by atoms with Crippen molar-refractivity contribution < 1.29 is 0 Å². The van der Waals surface area contributed by atoms with Crippen LogP contribution in [-0.2, 0) is 0 Å².